The molecule has 1 atom stereocenters. The van der Waals surface area contributed by atoms with Gasteiger partial charge in [-0.25, -0.2) is 9.59 Å². The van der Waals surface area contributed by atoms with E-state index in [0.29, 0.717) is 5.92 Å². The van der Waals surface area contributed by atoms with Crippen LogP contribution in [0.3, 0.4) is 0 Å². The van der Waals surface area contributed by atoms with Gasteiger partial charge in [0.1, 0.15) is 11.3 Å². The number of rotatable bonds is 4. The second-order valence-electron chi connectivity index (χ2n) is 6.80. The van der Waals surface area contributed by atoms with Gasteiger partial charge in [-0.3, -0.25) is 0 Å². The lowest BCUT2D eigenvalue weighted by molar-refractivity contribution is 0.0483. The van der Waals surface area contributed by atoms with Crippen molar-refractivity contribution in [2.24, 2.45) is 5.92 Å². The van der Waals surface area contributed by atoms with Crippen molar-refractivity contribution in [3.63, 3.8) is 0 Å². The highest BCUT2D eigenvalue weighted by Crippen LogP contribution is 2.35. The SMILES string of the molecule is CC(C)(C)OC(=O)NC(c1ccc(C(=O)O)[nH]1)C1CCCC1. The molecule has 0 aliphatic heterocycles. The zero-order chi connectivity index (χ0) is 16.3. The van der Waals surface area contributed by atoms with Crippen molar-refractivity contribution in [3.05, 3.63) is 23.5 Å². The van der Waals surface area contributed by atoms with Gasteiger partial charge in [0, 0.05) is 5.69 Å². The van der Waals surface area contributed by atoms with E-state index in [0.717, 1.165) is 31.4 Å². The summed E-state index contributed by atoms with van der Waals surface area (Å²) < 4.78 is 5.32. The maximum atomic E-state index is 12.1. The minimum Gasteiger partial charge on any atom is -0.477 e. The van der Waals surface area contributed by atoms with Crippen LogP contribution >= 0.6 is 0 Å². The lowest BCUT2D eigenvalue weighted by Gasteiger charge is -2.26. The van der Waals surface area contributed by atoms with E-state index in [-0.39, 0.29) is 11.7 Å². The van der Waals surface area contributed by atoms with Crippen LogP contribution in [0.1, 0.15) is 68.7 Å². The third kappa shape index (κ3) is 4.26. The summed E-state index contributed by atoms with van der Waals surface area (Å²) in [4.78, 5) is 26.0. The molecule has 0 spiro atoms. The van der Waals surface area contributed by atoms with E-state index >= 15 is 0 Å². The molecule has 3 N–H and O–H groups in total. The number of H-pyrrole nitrogens is 1. The van der Waals surface area contributed by atoms with Crippen molar-refractivity contribution in [1.29, 1.82) is 0 Å². The monoisotopic (exact) mass is 308 g/mol. The Balaban J connectivity index is 2.15. The first kappa shape index (κ1) is 16.4. The van der Waals surface area contributed by atoms with Gasteiger partial charge in [0.05, 0.1) is 6.04 Å². The third-order valence-electron chi connectivity index (χ3n) is 3.82. The van der Waals surface area contributed by atoms with Crippen LogP contribution in [0.2, 0.25) is 0 Å². The van der Waals surface area contributed by atoms with E-state index in [1.165, 1.54) is 6.07 Å². The van der Waals surface area contributed by atoms with E-state index in [9.17, 15) is 9.59 Å². The lowest BCUT2D eigenvalue weighted by Crippen LogP contribution is -2.37. The molecule has 0 saturated heterocycles. The summed E-state index contributed by atoms with van der Waals surface area (Å²) in [5.41, 5.74) is 0.283. The Morgan fingerprint density at radius 2 is 1.95 bits per heavy atom. The van der Waals surface area contributed by atoms with Crippen molar-refractivity contribution in [2.75, 3.05) is 0 Å². The first-order chi connectivity index (χ1) is 10.3. The molecule has 122 valence electrons. The van der Waals surface area contributed by atoms with Gasteiger partial charge in [-0.15, -0.1) is 0 Å². The molecule has 1 fully saturated rings. The number of carbonyl (C=O) groups excluding carboxylic acids is 1. The highest BCUT2D eigenvalue weighted by Gasteiger charge is 2.30. The van der Waals surface area contributed by atoms with Crippen LogP contribution in [-0.2, 0) is 4.74 Å². The number of alkyl carbamates (subject to hydrolysis) is 1. The minimum atomic E-state index is -1.01. The fraction of sp³-hybridized carbons (Fsp3) is 0.625. The zero-order valence-electron chi connectivity index (χ0n) is 13.3. The molecule has 1 aromatic rings. The third-order valence-corrected chi connectivity index (χ3v) is 3.82. The number of aromatic nitrogens is 1. The number of amides is 1. The number of carbonyl (C=O) groups is 2. The fourth-order valence-corrected chi connectivity index (χ4v) is 2.89. The Labute approximate surface area is 130 Å². The van der Waals surface area contributed by atoms with E-state index < -0.39 is 17.7 Å². The van der Waals surface area contributed by atoms with Crippen molar-refractivity contribution in [3.8, 4) is 0 Å². The van der Waals surface area contributed by atoms with Crippen molar-refractivity contribution < 1.29 is 19.4 Å². The molecule has 1 saturated carbocycles. The molecule has 1 aliphatic rings. The smallest absolute Gasteiger partial charge is 0.408 e. The minimum absolute atomic E-state index is 0.129. The quantitative estimate of drug-likeness (QED) is 0.794. The van der Waals surface area contributed by atoms with Gasteiger partial charge in [0.25, 0.3) is 0 Å². The molecule has 1 heterocycles. The number of nitrogens with one attached hydrogen (secondary N) is 2. The van der Waals surface area contributed by atoms with E-state index in [4.69, 9.17) is 9.84 Å². The van der Waals surface area contributed by atoms with E-state index in [2.05, 4.69) is 10.3 Å². The van der Waals surface area contributed by atoms with Gasteiger partial charge in [-0.1, -0.05) is 12.8 Å². The maximum absolute atomic E-state index is 12.1. The Kier molecular flexibility index (Phi) is 4.78. The fourth-order valence-electron chi connectivity index (χ4n) is 2.89. The molecule has 0 aromatic carbocycles. The molecular weight excluding hydrogens is 284 g/mol. The van der Waals surface area contributed by atoms with Crippen LogP contribution < -0.4 is 5.32 Å². The normalized spacial score (nSPS) is 17.2. The van der Waals surface area contributed by atoms with Crippen molar-refractivity contribution >= 4 is 12.1 Å². The van der Waals surface area contributed by atoms with Crippen LogP contribution in [0.25, 0.3) is 0 Å². The first-order valence-corrected chi connectivity index (χ1v) is 7.68. The number of carboxylic acid groups (broad SMARTS) is 1. The molecular formula is C16H24N2O4. The molecule has 6 nitrogen and oxygen atoms in total. The van der Waals surface area contributed by atoms with Gasteiger partial charge in [0.2, 0.25) is 0 Å². The van der Waals surface area contributed by atoms with Crippen molar-refractivity contribution in [1.82, 2.24) is 10.3 Å². The van der Waals surface area contributed by atoms with Gasteiger partial charge in [0.15, 0.2) is 0 Å². The van der Waals surface area contributed by atoms with Crippen LogP contribution in [0, 0.1) is 5.92 Å². The average Bonchev–Trinajstić information content (AvgIpc) is 3.05. The molecule has 1 aliphatic carbocycles. The average molecular weight is 308 g/mol. The number of carboxylic acids is 1. The summed E-state index contributed by atoms with van der Waals surface area (Å²) in [6.07, 6.45) is 3.81. The van der Waals surface area contributed by atoms with Gasteiger partial charge >= 0.3 is 12.1 Å². The van der Waals surface area contributed by atoms with Crippen LogP contribution in [-0.4, -0.2) is 27.8 Å². The van der Waals surface area contributed by atoms with Gasteiger partial charge in [-0.05, 0) is 51.7 Å². The number of hydrogen-bond acceptors (Lipinski definition) is 3. The molecule has 22 heavy (non-hydrogen) atoms. The van der Waals surface area contributed by atoms with Crippen LogP contribution in [0.15, 0.2) is 12.1 Å². The number of ether oxygens (including phenoxy) is 1. The molecule has 0 bridgehead atoms. The maximum Gasteiger partial charge on any atom is 0.408 e. The number of aromatic amines is 1. The van der Waals surface area contributed by atoms with Gasteiger partial charge in [-0.2, -0.15) is 0 Å². The summed E-state index contributed by atoms with van der Waals surface area (Å²) in [6.45, 7) is 5.44. The summed E-state index contributed by atoms with van der Waals surface area (Å²) in [6, 6.07) is 3.01. The highest BCUT2D eigenvalue weighted by molar-refractivity contribution is 5.85. The molecule has 1 amide bonds. The summed E-state index contributed by atoms with van der Waals surface area (Å²) >= 11 is 0. The molecule has 6 heteroatoms. The van der Waals surface area contributed by atoms with Crippen molar-refractivity contribution in [2.45, 2.75) is 58.1 Å². The Morgan fingerprint density at radius 1 is 1.32 bits per heavy atom. The molecule has 1 aromatic heterocycles. The summed E-state index contributed by atoms with van der Waals surface area (Å²) in [5.74, 6) is -0.707. The predicted octanol–water partition coefficient (Wildman–Crippen LogP) is 3.47. The van der Waals surface area contributed by atoms with Crippen LogP contribution in [0.5, 0.6) is 0 Å². The summed E-state index contributed by atoms with van der Waals surface area (Å²) in [7, 11) is 0. The standard InChI is InChI=1S/C16H24N2O4/c1-16(2,3)22-15(21)18-13(10-6-4-5-7-10)11-8-9-12(17-11)14(19)20/h8-10,13,17H,4-7H2,1-3H3,(H,18,21)(H,19,20). The second-order valence-corrected chi connectivity index (χ2v) is 6.80. The zero-order valence-corrected chi connectivity index (χ0v) is 13.3. The van der Waals surface area contributed by atoms with E-state index in [1.54, 1.807) is 6.07 Å². The molecule has 1 unspecified atom stereocenters. The first-order valence-electron chi connectivity index (χ1n) is 7.68. The number of hydrogen-bond donors (Lipinski definition) is 3. The second kappa shape index (κ2) is 6.42. The number of aromatic carboxylic acids is 1. The van der Waals surface area contributed by atoms with E-state index in [1.807, 2.05) is 20.8 Å². The van der Waals surface area contributed by atoms with Gasteiger partial charge < -0.3 is 20.1 Å². The predicted molar refractivity (Wildman–Crippen MR) is 81.8 cm³/mol. The van der Waals surface area contributed by atoms with Crippen LogP contribution in [0.4, 0.5) is 4.79 Å². The summed E-state index contributed by atoms with van der Waals surface area (Å²) in [5, 5.41) is 11.9. The Hall–Kier alpha value is -1.98. The topological polar surface area (TPSA) is 91.4 Å². The Bertz CT molecular complexity index is 539. The molecule has 2 rings (SSSR count). The largest absolute Gasteiger partial charge is 0.477 e. The Morgan fingerprint density at radius 3 is 2.45 bits per heavy atom. The molecule has 0 radical (unpaired) electrons. The highest BCUT2D eigenvalue weighted by atomic mass is 16.6. The lowest BCUT2D eigenvalue weighted by atomic mass is 9.95.